The smallest absolute Gasteiger partial charge is 0.254 e. The van der Waals surface area contributed by atoms with Gasteiger partial charge in [0.25, 0.3) is 5.91 Å². The third kappa shape index (κ3) is 3.91. The number of aryl methyl sites for hydroxylation is 1. The Morgan fingerprint density at radius 1 is 1.06 bits per heavy atom. The van der Waals surface area contributed by atoms with Crippen LogP contribution >= 0.6 is 0 Å². The number of carbonyl (C=O) groups is 2. The highest BCUT2D eigenvalue weighted by Gasteiger charge is 2.48. The average molecular weight is 426 g/mol. The molecule has 0 bridgehead atoms. The molecule has 32 heavy (non-hydrogen) atoms. The van der Waals surface area contributed by atoms with Gasteiger partial charge >= 0.3 is 0 Å². The third-order valence-electron chi connectivity index (χ3n) is 6.39. The van der Waals surface area contributed by atoms with Crippen LogP contribution in [0.5, 0.6) is 0 Å². The molecule has 2 aromatic carbocycles. The monoisotopic (exact) mass is 425 g/mol. The normalized spacial score (nSPS) is 20.0. The van der Waals surface area contributed by atoms with Gasteiger partial charge in [0, 0.05) is 36.5 Å². The first-order valence-corrected chi connectivity index (χ1v) is 11.3. The van der Waals surface area contributed by atoms with Crippen molar-refractivity contribution in [2.75, 3.05) is 6.54 Å². The zero-order valence-corrected chi connectivity index (χ0v) is 18.2. The van der Waals surface area contributed by atoms with Crippen molar-refractivity contribution in [3.05, 3.63) is 101 Å². The SMILES string of the molecule is Cc1cccc(C2C(C(=O)NCCc3ccccn3)c3ccccc3C(=O)N2C2CC2)c1. The molecule has 1 aromatic heterocycles. The minimum Gasteiger partial charge on any atom is -0.355 e. The molecule has 2 aliphatic rings. The summed E-state index contributed by atoms with van der Waals surface area (Å²) in [6, 6.07) is 21.5. The summed E-state index contributed by atoms with van der Waals surface area (Å²) in [5.74, 6) is -0.458. The number of fused-ring (bicyclic) bond motifs is 1. The zero-order valence-electron chi connectivity index (χ0n) is 18.2. The van der Waals surface area contributed by atoms with Gasteiger partial charge in [-0.25, -0.2) is 0 Å². The van der Waals surface area contributed by atoms with E-state index in [1.807, 2.05) is 72.5 Å². The molecule has 0 radical (unpaired) electrons. The molecule has 2 unspecified atom stereocenters. The average Bonchev–Trinajstić information content (AvgIpc) is 3.65. The van der Waals surface area contributed by atoms with Crippen molar-refractivity contribution >= 4 is 11.8 Å². The number of rotatable bonds is 6. The summed E-state index contributed by atoms with van der Waals surface area (Å²) in [6.45, 7) is 2.55. The Kier molecular flexibility index (Phi) is 5.48. The number of carbonyl (C=O) groups excluding carboxylic acids is 2. The number of pyridine rings is 1. The van der Waals surface area contributed by atoms with Crippen LogP contribution in [-0.2, 0) is 11.2 Å². The van der Waals surface area contributed by atoms with Gasteiger partial charge < -0.3 is 10.2 Å². The van der Waals surface area contributed by atoms with E-state index in [0.29, 0.717) is 18.5 Å². The highest BCUT2D eigenvalue weighted by molar-refractivity contribution is 6.01. The molecule has 162 valence electrons. The molecule has 5 heteroatoms. The van der Waals surface area contributed by atoms with Crippen molar-refractivity contribution in [3.63, 3.8) is 0 Å². The Hall–Kier alpha value is -3.47. The van der Waals surface area contributed by atoms with E-state index in [9.17, 15) is 9.59 Å². The lowest BCUT2D eigenvalue weighted by molar-refractivity contribution is -0.124. The van der Waals surface area contributed by atoms with Crippen LogP contribution in [0.1, 0.15) is 57.5 Å². The quantitative estimate of drug-likeness (QED) is 0.644. The largest absolute Gasteiger partial charge is 0.355 e. The Balaban J connectivity index is 1.51. The Morgan fingerprint density at radius 3 is 2.62 bits per heavy atom. The maximum atomic E-state index is 13.6. The standard InChI is InChI=1S/C27H27N3O2/c1-18-7-6-8-19(17-18)25-24(26(31)29-16-14-20-9-4-5-15-28-20)22-10-2-3-11-23(22)27(32)30(25)21-12-13-21/h2-11,15,17,21,24-25H,12-14,16H2,1H3,(H,29,31). The van der Waals surface area contributed by atoms with E-state index in [1.165, 1.54) is 0 Å². The molecule has 5 nitrogen and oxygen atoms in total. The lowest BCUT2D eigenvalue weighted by Crippen LogP contribution is -2.48. The van der Waals surface area contributed by atoms with Crippen molar-refractivity contribution in [1.82, 2.24) is 15.2 Å². The van der Waals surface area contributed by atoms with Crippen LogP contribution in [0, 0.1) is 6.92 Å². The van der Waals surface area contributed by atoms with Crippen molar-refractivity contribution in [2.24, 2.45) is 0 Å². The molecule has 1 aliphatic heterocycles. The van der Waals surface area contributed by atoms with Gasteiger partial charge in [-0.15, -0.1) is 0 Å². The van der Waals surface area contributed by atoms with Gasteiger partial charge in [-0.2, -0.15) is 0 Å². The van der Waals surface area contributed by atoms with Crippen LogP contribution < -0.4 is 5.32 Å². The van der Waals surface area contributed by atoms with Gasteiger partial charge in [0.2, 0.25) is 5.91 Å². The summed E-state index contributed by atoms with van der Waals surface area (Å²) >= 11 is 0. The van der Waals surface area contributed by atoms with E-state index < -0.39 is 5.92 Å². The first-order valence-electron chi connectivity index (χ1n) is 11.3. The summed E-state index contributed by atoms with van der Waals surface area (Å²) in [5, 5.41) is 3.13. The van der Waals surface area contributed by atoms with E-state index in [-0.39, 0.29) is 23.9 Å². The zero-order chi connectivity index (χ0) is 22.1. The van der Waals surface area contributed by atoms with Gasteiger partial charge in [0.1, 0.15) is 0 Å². The van der Waals surface area contributed by atoms with E-state index in [2.05, 4.69) is 16.4 Å². The van der Waals surface area contributed by atoms with Crippen LogP contribution in [-0.4, -0.2) is 34.3 Å². The minimum atomic E-state index is -0.449. The molecule has 1 fully saturated rings. The van der Waals surface area contributed by atoms with Crippen molar-refractivity contribution < 1.29 is 9.59 Å². The molecule has 2 amide bonds. The van der Waals surface area contributed by atoms with Crippen molar-refractivity contribution in [3.8, 4) is 0 Å². The van der Waals surface area contributed by atoms with Gasteiger partial charge in [-0.1, -0.05) is 54.1 Å². The van der Waals surface area contributed by atoms with Gasteiger partial charge in [-0.05, 0) is 49.1 Å². The summed E-state index contributed by atoms with van der Waals surface area (Å²) < 4.78 is 0. The Bertz CT molecular complexity index is 1140. The Morgan fingerprint density at radius 2 is 1.88 bits per heavy atom. The van der Waals surface area contributed by atoms with Crippen molar-refractivity contribution in [2.45, 2.75) is 44.2 Å². The maximum absolute atomic E-state index is 13.6. The number of amides is 2. The van der Waals surface area contributed by atoms with E-state index in [4.69, 9.17) is 0 Å². The van der Waals surface area contributed by atoms with Gasteiger partial charge in [0.05, 0.1) is 12.0 Å². The number of aromatic nitrogens is 1. The Labute approximate surface area is 188 Å². The molecule has 1 N–H and O–H groups in total. The summed E-state index contributed by atoms with van der Waals surface area (Å²) in [5.41, 5.74) is 4.55. The van der Waals surface area contributed by atoms with Crippen LogP contribution in [0.4, 0.5) is 0 Å². The second kappa shape index (κ2) is 8.58. The number of benzene rings is 2. The van der Waals surface area contributed by atoms with E-state index >= 15 is 0 Å². The van der Waals surface area contributed by atoms with Crippen LogP contribution in [0.15, 0.2) is 72.9 Å². The molecular formula is C27H27N3O2. The molecule has 1 aliphatic carbocycles. The van der Waals surface area contributed by atoms with E-state index in [0.717, 1.165) is 35.2 Å². The van der Waals surface area contributed by atoms with E-state index in [1.54, 1.807) is 6.20 Å². The predicted octanol–water partition coefficient (Wildman–Crippen LogP) is 4.19. The first-order chi connectivity index (χ1) is 15.6. The lowest BCUT2D eigenvalue weighted by atomic mass is 9.78. The molecule has 0 spiro atoms. The summed E-state index contributed by atoms with van der Waals surface area (Å²) in [7, 11) is 0. The number of nitrogens with zero attached hydrogens (tertiary/aromatic N) is 2. The molecule has 5 rings (SSSR count). The minimum absolute atomic E-state index is 0.0344. The summed E-state index contributed by atoms with van der Waals surface area (Å²) in [6.07, 6.45) is 4.41. The van der Waals surface area contributed by atoms with Crippen molar-refractivity contribution in [1.29, 1.82) is 0 Å². The number of nitrogens with one attached hydrogen (secondary N) is 1. The molecule has 2 atom stereocenters. The highest BCUT2D eigenvalue weighted by atomic mass is 16.2. The molecule has 2 heterocycles. The fraction of sp³-hybridized carbons (Fsp3) is 0.296. The van der Waals surface area contributed by atoms with Crippen LogP contribution in [0.2, 0.25) is 0 Å². The summed E-state index contributed by atoms with van der Waals surface area (Å²) in [4.78, 5) is 33.5. The second-order valence-electron chi connectivity index (χ2n) is 8.73. The topological polar surface area (TPSA) is 62.3 Å². The number of hydrogen-bond acceptors (Lipinski definition) is 3. The number of hydrogen-bond donors (Lipinski definition) is 1. The van der Waals surface area contributed by atoms with Gasteiger partial charge in [-0.3, -0.25) is 14.6 Å². The highest BCUT2D eigenvalue weighted by Crippen LogP contribution is 2.47. The lowest BCUT2D eigenvalue weighted by Gasteiger charge is -2.42. The molecular weight excluding hydrogens is 398 g/mol. The third-order valence-corrected chi connectivity index (χ3v) is 6.39. The molecule has 0 saturated heterocycles. The second-order valence-corrected chi connectivity index (χ2v) is 8.73. The molecule has 1 saturated carbocycles. The molecule has 3 aromatic rings. The van der Waals surface area contributed by atoms with Crippen LogP contribution in [0.3, 0.4) is 0 Å². The first kappa shape index (κ1) is 20.4. The fourth-order valence-electron chi connectivity index (χ4n) is 4.77. The fourth-order valence-corrected chi connectivity index (χ4v) is 4.77. The predicted molar refractivity (Wildman–Crippen MR) is 123 cm³/mol. The van der Waals surface area contributed by atoms with Gasteiger partial charge in [0.15, 0.2) is 0 Å². The van der Waals surface area contributed by atoms with Crippen LogP contribution in [0.25, 0.3) is 0 Å². The maximum Gasteiger partial charge on any atom is 0.254 e.